The number of ether oxygens (including phenoxy) is 1. The lowest BCUT2D eigenvalue weighted by molar-refractivity contribution is -0.138. The minimum atomic E-state index is -4.55. The van der Waals surface area contributed by atoms with Crippen LogP contribution in [0, 0.1) is 6.92 Å². The molecule has 0 unspecified atom stereocenters. The first kappa shape index (κ1) is 14.8. The van der Waals surface area contributed by atoms with Gasteiger partial charge in [0.1, 0.15) is 5.75 Å². The minimum absolute atomic E-state index is 0.0357. The van der Waals surface area contributed by atoms with E-state index < -0.39 is 17.7 Å². The van der Waals surface area contributed by atoms with Crippen LogP contribution in [0.25, 0.3) is 0 Å². The molecule has 0 spiro atoms. The molecule has 0 saturated carbocycles. The van der Waals surface area contributed by atoms with Gasteiger partial charge in [-0.15, -0.1) is 0 Å². The molecule has 0 bridgehead atoms. The van der Waals surface area contributed by atoms with Gasteiger partial charge in [0.2, 0.25) is 5.88 Å². The van der Waals surface area contributed by atoms with Crippen LogP contribution in [0.1, 0.15) is 21.6 Å². The number of para-hydroxylation sites is 1. The summed E-state index contributed by atoms with van der Waals surface area (Å²) in [7, 11) is 0. The molecule has 4 nitrogen and oxygen atoms in total. The van der Waals surface area contributed by atoms with Crippen molar-refractivity contribution in [1.82, 2.24) is 4.98 Å². The Morgan fingerprint density at radius 2 is 1.86 bits per heavy atom. The van der Waals surface area contributed by atoms with E-state index in [9.17, 15) is 18.0 Å². The van der Waals surface area contributed by atoms with Gasteiger partial charge in [0, 0.05) is 6.07 Å². The smallest absolute Gasteiger partial charge is 0.419 e. The average Bonchev–Trinajstić information content (AvgIpc) is 2.37. The molecule has 0 aliphatic heterocycles. The molecule has 7 heteroatoms. The highest BCUT2D eigenvalue weighted by atomic mass is 19.4. The zero-order chi connectivity index (χ0) is 15.6. The van der Waals surface area contributed by atoms with Gasteiger partial charge in [0.15, 0.2) is 0 Å². The van der Waals surface area contributed by atoms with Crippen LogP contribution in [0.3, 0.4) is 0 Å². The number of carboxylic acids is 1. The number of carbonyl (C=O) groups is 1. The molecule has 1 aromatic heterocycles. The predicted molar refractivity (Wildman–Crippen MR) is 67.5 cm³/mol. The number of aromatic nitrogens is 1. The number of aryl methyl sites for hydroxylation is 1. The summed E-state index contributed by atoms with van der Waals surface area (Å²) in [6.07, 6.45) is -4.55. The predicted octanol–water partition coefficient (Wildman–Crippen LogP) is 3.90. The van der Waals surface area contributed by atoms with Crippen LogP contribution >= 0.6 is 0 Å². The van der Waals surface area contributed by atoms with Gasteiger partial charge >= 0.3 is 12.1 Å². The highest BCUT2D eigenvalue weighted by Gasteiger charge is 2.34. The summed E-state index contributed by atoms with van der Waals surface area (Å²) in [6, 6.07) is 7.17. The molecule has 2 aromatic rings. The van der Waals surface area contributed by atoms with Gasteiger partial charge in [0.05, 0.1) is 16.8 Å². The Bertz CT molecular complexity index is 683. The Morgan fingerprint density at radius 3 is 2.43 bits per heavy atom. The number of alkyl halides is 3. The second-order valence-corrected chi connectivity index (χ2v) is 4.18. The monoisotopic (exact) mass is 297 g/mol. The summed E-state index contributed by atoms with van der Waals surface area (Å²) in [6.45, 7) is 1.44. The molecule has 1 heterocycles. The zero-order valence-electron chi connectivity index (χ0n) is 10.8. The van der Waals surface area contributed by atoms with E-state index in [1.165, 1.54) is 37.3 Å². The third-order valence-electron chi connectivity index (χ3n) is 2.70. The van der Waals surface area contributed by atoms with Crippen molar-refractivity contribution >= 4 is 5.97 Å². The van der Waals surface area contributed by atoms with Crippen molar-refractivity contribution in [3.63, 3.8) is 0 Å². The number of halogens is 3. The number of hydrogen-bond acceptors (Lipinski definition) is 3. The van der Waals surface area contributed by atoms with E-state index in [-0.39, 0.29) is 22.9 Å². The lowest BCUT2D eigenvalue weighted by Gasteiger charge is -2.13. The molecule has 0 atom stereocenters. The molecule has 1 aromatic carbocycles. The average molecular weight is 297 g/mol. The number of aromatic carboxylic acids is 1. The molecule has 110 valence electrons. The fourth-order valence-corrected chi connectivity index (χ4v) is 1.72. The number of hydrogen-bond donors (Lipinski definition) is 1. The molecular formula is C14H10F3NO3. The minimum Gasteiger partial charge on any atom is -0.478 e. The Kier molecular flexibility index (Phi) is 3.84. The SMILES string of the molecule is Cc1nc(Oc2ccccc2C(F)(F)F)ccc1C(=O)O. The van der Waals surface area contributed by atoms with Crippen LogP contribution in [0.4, 0.5) is 13.2 Å². The van der Waals surface area contributed by atoms with E-state index in [4.69, 9.17) is 9.84 Å². The van der Waals surface area contributed by atoms with Crippen molar-refractivity contribution in [2.24, 2.45) is 0 Å². The van der Waals surface area contributed by atoms with Crippen molar-refractivity contribution in [3.05, 3.63) is 53.2 Å². The number of carboxylic acid groups (broad SMARTS) is 1. The quantitative estimate of drug-likeness (QED) is 0.933. The van der Waals surface area contributed by atoms with E-state index in [2.05, 4.69) is 4.98 Å². The summed E-state index contributed by atoms with van der Waals surface area (Å²) in [5.41, 5.74) is -0.803. The molecule has 1 N–H and O–H groups in total. The summed E-state index contributed by atoms with van der Waals surface area (Å²) >= 11 is 0. The maximum atomic E-state index is 12.8. The molecular weight excluding hydrogens is 287 g/mol. The Balaban J connectivity index is 2.35. The van der Waals surface area contributed by atoms with E-state index >= 15 is 0 Å². The topological polar surface area (TPSA) is 59.4 Å². The van der Waals surface area contributed by atoms with Gasteiger partial charge < -0.3 is 9.84 Å². The third kappa shape index (κ3) is 3.31. The maximum Gasteiger partial charge on any atom is 0.419 e. The fraction of sp³-hybridized carbons (Fsp3) is 0.143. The first-order valence-electron chi connectivity index (χ1n) is 5.84. The third-order valence-corrected chi connectivity index (χ3v) is 2.70. The van der Waals surface area contributed by atoms with Crippen LogP contribution in [-0.2, 0) is 6.18 Å². The van der Waals surface area contributed by atoms with Crippen molar-refractivity contribution < 1.29 is 27.8 Å². The Morgan fingerprint density at radius 1 is 1.19 bits per heavy atom. The highest BCUT2D eigenvalue weighted by Crippen LogP contribution is 2.37. The van der Waals surface area contributed by atoms with Gasteiger partial charge in [-0.1, -0.05) is 12.1 Å². The van der Waals surface area contributed by atoms with E-state index in [0.717, 1.165) is 6.07 Å². The number of nitrogens with zero attached hydrogens (tertiary/aromatic N) is 1. The van der Waals surface area contributed by atoms with E-state index in [0.29, 0.717) is 0 Å². The van der Waals surface area contributed by atoms with E-state index in [1.54, 1.807) is 0 Å². The lowest BCUT2D eigenvalue weighted by Crippen LogP contribution is -2.07. The van der Waals surface area contributed by atoms with Gasteiger partial charge in [-0.3, -0.25) is 0 Å². The van der Waals surface area contributed by atoms with Crippen LogP contribution < -0.4 is 4.74 Å². The molecule has 0 amide bonds. The van der Waals surface area contributed by atoms with Gasteiger partial charge in [-0.05, 0) is 25.1 Å². The van der Waals surface area contributed by atoms with Gasteiger partial charge in [-0.25, -0.2) is 9.78 Å². The number of benzene rings is 1. The lowest BCUT2D eigenvalue weighted by atomic mass is 10.2. The fourth-order valence-electron chi connectivity index (χ4n) is 1.72. The molecule has 21 heavy (non-hydrogen) atoms. The van der Waals surface area contributed by atoms with Crippen molar-refractivity contribution in [2.45, 2.75) is 13.1 Å². The molecule has 0 aliphatic rings. The van der Waals surface area contributed by atoms with Crippen LogP contribution in [0.15, 0.2) is 36.4 Å². The Hall–Kier alpha value is -2.57. The highest BCUT2D eigenvalue weighted by molar-refractivity contribution is 5.88. The van der Waals surface area contributed by atoms with Crippen molar-refractivity contribution in [2.75, 3.05) is 0 Å². The summed E-state index contributed by atoms with van der Waals surface area (Å²) in [5.74, 6) is -1.66. The number of pyridine rings is 1. The van der Waals surface area contributed by atoms with Crippen LogP contribution in [-0.4, -0.2) is 16.1 Å². The second kappa shape index (κ2) is 5.43. The molecule has 0 fully saturated rings. The maximum absolute atomic E-state index is 12.8. The molecule has 0 radical (unpaired) electrons. The Labute approximate surface area is 117 Å². The second-order valence-electron chi connectivity index (χ2n) is 4.18. The van der Waals surface area contributed by atoms with Crippen molar-refractivity contribution in [1.29, 1.82) is 0 Å². The van der Waals surface area contributed by atoms with E-state index in [1.807, 2.05) is 0 Å². The largest absolute Gasteiger partial charge is 0.478 e. The standard InChI is InChI=1S/C14H10F3NO3/c1-8-9(13(19)20)6-7-12(18-8)21-11-5-3-2-4-10(11)14(15,16)17/h2-7H,1H3,(H,19,20). The first-order chi connectivity index (χ1) is 9.79. The zero-order valence-corrected chi connectivity index (χ0v) is 10.8. The first-order valence-corrected chi connectivity index (χ1v) is 5.84. The van der Waals surface area contributed by atoms with Gasteiger partial charge in [0.25, 0.3) is 0 Å². The summed E-state index contributed by atoms with van der Waals surface area (Å²) in [4.78, 5) is 14.7. The molecule has 2 rings (SSSR count). The molecule has 0 aliphatic carbocycles. The molecule has 0 saturated heterocycles. The van der Waals surface area contributed by atoms with Crippen molar-refractivity contribution in [3.8, 4) is 11.6 Å². The van der Waals surface area contributed by atoms with Crippen LogP contribution in [0.5, 0.6) is 11.6 Å². The van der Waals surface area contributed by atoms with Crippen LogP contribution in [0.2, 0.25) is 0 Å². The summed E-state index contributed by atoms with van der Waals surface area (Å²) in [5, 5.41) is 8.87. The summed E-state index contributed by atoms with van der Waals surface area (Å²) < 4.78 is 43.6. The normalized spacial score (nSPS) is 11.2. The van der Waals surface area contributed by atoms with Gasteiger partial charge in [-0.2, -0.15) is 13.2 Å². The number of rotatable bonds is 3.